The van der Waals surface area contributed by atoms with Gasteiger partial charge in [0.05, 0.1) is 22.3 Å². The van der Waals surface area contributed by atoms with E-state index in [4.69, 9.17) is 22.1 Å². The monoisotopic (exact) mass is 572 g/mol. The number of amidine groups is 1. The third-order valence-electron chi connectivity index (χ3n) is 5.60. The van der Waals surface area contributed by atoms with Crippen LogP contribution in [-0.2, 0) is 9.59 Å². The number of hydrogen-bond donors (Lipinski definition) is 1. The van der Waals surface area contributed by atoms with Crippen molar-refractivity contribution in [3.05, 3.63) is 86.0 Å². The number of hydrogen-bond acceptors (Lipinski definition) is 6. The van der Waals surface area contributed by atoms with E-state index in [0.717, 1.165) is 37.3 Å². The summed E-state index contributed by atoms with van der Waals surface area (Å²) in [4.78, 5) is 28.0. The molecule has 2 aliphatic rings. The Bertz CT molecular complexity index is 1300. The van der Waals surface area contributed by atoms with E-state index in [0.29, 0.717) is 17.1 Å². The second kappa shape index (κ2) is 9.65. The van der Waals surface area contributed by atoms with Crippen LogP contribution in [0.2, 0.25) is 5.02 Å². The molecule has 2 amide bonds. The maximum Gasteiger partial charge on any atom is 0.247 e. The maximum absolute atomic E-state index is 13.1. The SMILES string of the molecule is N=C(SC1CC(=O)N(c2cccc(Cl)c2)C1=O)N1N=C(c2cccs2)CC1c1ccc(Br)cc1. The number of halogens is 2. The number of anilines is 1. The molecule has 6 nitrogen and oxygen atoms in total. The van der Waals surface area contributed by atoms with Gasteiger partial charge < -0.3 is 0 Å². The molecule has 34 heavy (non-hydrogen) atoms. The van der Waals surface area contributed by atoms with Crippen molar-refractivity contribution in [2.75, 3.05) is 4.90 Å². The molecule has 1 N–H and O–H groups in total. The number of carbonyl (C=O) groups excluding carboxylic acids is 2. The first-order valence-electron chi connectivity index (χ1n) is 10.4. The van der Waals surface area contributed by atoms with E-state index in [9.17, 15) is 9.59 Å². The van der Waals surface area contributed by atoms with Crippen LogP contribution >= 0.6 is 50.6 Å². The molecule has 2 unspecified atom stereocenters. The summed E-state index contributed by atoms with van der Waals surface area (Å²) < 4.78 is 0.973. The number of carbonyl (C=O) groups is 2. The highest BCUT2D eigenvalue weighted by atomic mass is 79.9. The van der Waals surface area contributed by atoms with Crippen LogP contribution in [-0.4, -0.2) is 33.0 Å². The van der Waals surface area contributed by atoms with Gasteiger partial charge in [0.1, 0.15) is 5.25 Å². The molecule has 0 aliphatic carbocycles. The van der Waals surface area contributed by atoms with Crippen LogP contribution in [0.3, 0.4) is 0 Å². The average Bonchev–Trinajstić information content (AvgIpc) is 3.54. The summed E-state index contributed by atoms with van der Waals surface area (Å²) in [7, 11) is 0. The van der Waals surface area contributed by atoms with Crippen LogP contribution in [0.1, 0.15) is 29.3 Å². The molecule has 0 spiro atoms. The molecule has 0 saturated carbocycles. The molecule has 2 aliphatic heterocycles. The van der Waals surface area contributed by atoms with Crippen molar-refractivity contribution in [1.82, 2.24) is 5.01 Å². The minimum Gasteiger partial charge on any atom is -0.277 e. The molecule has 3 aromatic rings. The molecule has 0 bridgehead atoms. The number of hydrazone groups is 1. The fourth-order valence-corrected chi connectivity index (χ4v) is 6.15. The Morgan fingerprint density at radius 2 is 1.91 bits per heavy atom. The molecule has 3 heterocycles. The quantitative estimate of drug-likeness (QED) is 0.225. The van der Waals surface area contributed by atoms with Gasteiger partial charge in [-0.25, -0.2) is 9.91 Å². The van der Waals surface area contributed by atoms with Gasteiger partial charge in [0.25, 0.3) is 0 Å². The van der Waals surface area contributed by atoms with Gasteiger partial charge in [-0.2, -0.15) is 5.10 Å². The number of rotatable bonds is 4. The number of thioether (sulfide) groups is 1. The smallest absolute Gasteiger partial charge is 0.247 e. The standard InChI is InChI=1S/C24H18BrClN4O2S2/c25-15-8-6-14(7-9-15)19-12-18(20-5-2-10-33-20)28-30(19)24(27)34-21-13-22(31)29(23(21)32)17-4-1-3-16(26)11-17/h1-11,19,21,27H,12-13H2. The van der Waals surface area contributed by atoms with Gasteiger partial charge in [0, 0.05) is 22.3 Å². The van der Waals surface area contributed by atoms with Crippen molar-refractivity contribution >= 4 is 79.0 Å². The Balaban J connectivity index is 1.38. The van der Waals surface area contributed by atoms with E-state index in [-0.39, 0.29) is 29.4 Å². The van der Waals surface area contributed by atoms with Crippen LogP contribution in [0.15, 0.2) is 75.6 Å². The highest BCUT2D eigenvalue weighted by molar-refractivity contribution is 9.10. The number of benzene rings is 2. The van der Waals surface area contributed by atoms with Crippen molar-refractivity contribution in [3.63, 3.8) is 0 Å². The number of thiophene rings is 1. The van der Waals surface area contributed by atoms with Crippen LogP contribution in [0.25, 0.3) is 0 Å². The van der Waals surface area contributed by atoms with E-state index in [1.807, 2.05) is 41.8 Å². The molecule has 0 radical (unpaired) electrons. The van der Waals surface area contributed by atoms with Crippen molar-refractivity contribution in [2.45, 2.75) is 24.1 Å². The lowest BCUT2D eigenvalue weighted by molar-refractivity contribution is -0.121. The first-order valence-corrected chi connectivity index (χ1v) is 13.4. The minimum absolute atomic E-state index is 0.0245. The summed E-state index contributed by atoms with van der Waals surface area (Å²) >= 11 is 12.2. The minimum atomic E-state index is -0.689. The molecule has 1 fully saturated rings. The molecule has 2 aromatic carbocycles. The third kappa shape index (κ3) is 4.57. The lowest BCUT2D eigenvalue weighted by Gasteiger charge is -2.24. The summed E-state index contributed by atoms with van der Waals surface area (Å²) in [6, 6.07) is 18.5. The lowest BCUT2D eigenvalue weighted by atomic mass is 10.0. The van der Waals surface area contributed by atoms with Crippen molar-refractivity contribution in [2.24, 2.45) is 5.10 Å². The Morgan fingerprint density at radius 1 is 1.12 bits per heavy atom. The van der Waals surface area contributed by atoms with Crippen LogP contribution in [0, 0.1) is 5.41 Å². The van der Waals surface area contributed by atoms with Crippen molar-refractivity contribution in [1.29, 1.82) is 5.41 Å². The normalized spacial score (nSPS) is 20.2. The topological polar surface area (TPSA) is 76.8 Å². The Labute approximate surface area is 218 Å². The van der Waals surface area contributed by atoms with E-state index in [1.54, 1.807) is 40.6 Å². The Kier molecular flexibility index (Phi) is 6.61. The van der Waals surface area contributed by atoms with Crippen LogP contribution in [0.5, 0.6) is 0 Å². The third-order valence-corrected chi connectivity index (χ3v) is 8.35. The number of nitrogens with one attached hydrogen (secondary N) is 1. The van der Waals surface area contributed by atoms with Crippen LogP contribution < -0.4 is 4.90 Å². The molecule has 5 rings (SSSR count). The first-order chi connectivity index (χ1) is 16.4. The van der Waals surface area contributed by atoms with Gasteiger partial charge >= 0.3 is 0 Å². The predicted molar refractivity (Wildman–Crippen MR) is 142 cm³/mol. The van der Waals surface area contributed by atoms with E-state index >= 15 is 0 Å². The molecule has 2 atom stereocenters. The molecule has 1 aromatic heterocycles. The highest BCUT2D eigenvalue weighted by Crippen LogP contribution is 2.38. The zero-order chi connectivity index (χ0) is 23.8. The zero-order valence-corrected chi connectivity index (χ0v) is 21.6. The Hall–Kier alpha value is -2.46. The summed E-state index contributed by atoms with van der Waals surface area (Å²) in [5.41, 5.74) is 2.38. The first kappa shape index (κ1) is 23.3. The fourth-order valence-electron chi connectivity index (χ4n) is 4.01. The fraction of sp³-hybridized carbons (Fsp3) is 0.167. The van der Waals surface area contributed by atoms with Gasteiger partial charge in [-0.05, 0) is 47.3 Å². The lowest BCUT2D eigenvalue weighted by Crippen LogP contribution is -2.32. The molecule has 172 valence electrons. The summed E-state index contributed by atoms with van der Waals surface area (Å²) in [5.74, 6) is -0.643. The summed E-state index contributed by atoms with van der Waals surface area (Å²) in [6.07, 6.45) is 0.675. The predicted octanol–water partition coefficient (Wildman–Crippen LogP) is 6.32. The molecular weight excluding hydrogens is 556 g/mol. The largest absolute Gasteiger partial charge is 0.277 e. The number of nitrogens with zero attached hydrogens (tertiary/aromatic N) is 3. The summed E-state index contributed by atoms with van der Waals surface area (Å²) in [5, 5.41) is 17.2. The van der Waals surface area contributed by atoms with E-state index < -0.39 is 5.25 Å². The van der Waals surface area contributed by atoms with Gasteiger partial charge in [0.15, 0.2) is 5.17 Å². The highest BCUT2D eigenvalue weighted by Gasteiger charge is 2.42. The van der Waals surface area contributed by atoms with E-state index in [2.05, 4.69) is 15.9 Å². The van der Waals surface area contributed by atoms with Gasteiger partial charge in [-0.15, -0.1) is 11.3 Å². The summed E-state index contributed by atoms with van der Waals surface area (Å²) in [6.45, 7) is 0. The molecule has 1 saturated heterocycles. The van der Waals surface area contributed by atoms with Gasteiger partial charge in [-0.3, -0.25) is 15.0 Å². The van der Waals surface area contributed by atoms with Gasteiger partial charge in [-0.1, -0.05) is 63.6 Å². The van der Waals surface area contributed by atoms with Crippen molar-refractivity contribution < 1.29 is 9.59 Å². The van der Waals surface area contributed by atoms with Crippen molar-refractivity contribution in [3.8, 4) is 0 Å². The zero-order valence-electron chi connectivity index (χ0n) is 17.7. The number of imide groups is 1. The molecular formula is C24H18BrClN4O2S2. The van der Waals surface area contributed by atoms with Crippen LogP contribution in [0.4, 0.5) is 5.69 Å². The second-order valence-electron chi connectivity index (χ2n) is 7.80. The average molecular weight is 574 g/mol. The van der Waals surface area contributed by atoms with E-state index in [1.165, 1.54) is 0 Å². The second-order valence-corrected chi connectivity index (χ2v) is 11.3. The molecule has 10 heteroatoms. The van der Waals surface area contributed by atoms with Gasteiger partial charge in [0.2, 0.25) is 11.8 Å². The maximum atomic E-state index is 13.1. The number of amides is 2. The Morgan fingerprint density at radius 3 is 2.62 bits per heavy atom.